The Kier molecular flexibility index (Phi) is 4.33. The Morgan fingerprint density at radius 1 is 1.21 bits per heavy atom. The van der Waals surface area contributed by atoms with Crippen LogP contribution in [0.4, 0.5) is 0 Å². The third-order valence-electron chi connectivity index (χ3n) is 3.13. The van der Waals surface area contributed by atoms with Gasteiger partial charge in [0.2, 0.25) is 0 Å². The van der Waals surface area contributed by atoms with Crippen molar-refractivity contribution < 1.29 is 5.11 Å². The van der Waals surface area contributed by atoms with E-state index in [9.17, 15) is 5.11 Å². The molecule has 0 radical (unpaired) electrons. The molecule has 2 aromatic carbocycles. The molecular formula is C17H18OS. The first kappa shape index (κ1) is 13.8. The molecule has 0 atom stereocenters. The van der Waals surface area contributed by atoms with Crippen LogP contribution < -0.4 is 0 Å². The first-order chi connectivity index (χ1) is 9.13. The lowest BCUT2D eigenvalue weighted by Crippen LogP contribution is -1.94. The SMILES string of the molecule is C=CCc1c(O)cc(C)c(Sc2ccccc2)c1C. The van der Waals surface area contributed by atoms with Crippen LogP contribution in [0.25, 0.3) is 0 Å². The van der Waals surface area contributed by atoms with E-state index in [1.807, 2.05) is 37.3 Å². The molecule has 0 aliphatic rings. The molecule has 2 aromatic rings. The van der Waals surface area contributed by atoms with Crippen molar-refractivity contribution in [3.63, 3.8) is 0 Å². The van der Waals surface area contributed by atoms with Crippen LogP contribution in [0.5, 0.6) is 5.75 Å². The first-order valence-electron chi connectivity index (χ1n) is 6.29. The van der Waals surface area contributed by atoms with Gasteiger partial charge in [-0.1, -0.05) is 36.0 Å². The van der Waals surface area contributed by atoms with E-state index in [0.717, 1.165) is 16.7 Å². The molecule has 0 aliphatic heterocycles. The second kappa shape index (κ2) is 5.98. The molecule has 1 nitrogen and oxygen atoms in total. The highest BCUT2D eigenvalue weighted by molar-refractivity contribution is 7.99. The topological polar surface area (TPSA) is 20.2 Å². The molecule has 98 valence electrons. The largest absolute Gasteiger partial charge is 0.508 e. The third kappa shape index (κ3) is 3.02. The minimum Gasteiger partial charge on any atom is -0.508 e. The minimum absolute atomic E-state index is 0.368. The van der Waals surface area contributed by atoms with Gasteiger partial charge in [0.15, 0.2) is 0 Å². The van der Waals surface area contributed by atoms with E-state index in [1.54, 1.807) is 11.8 Å². The number of allylic oxidation sites excluding steroid dienone is 1. The summed E-state index contributed by atoms with van der Waals surface area (Å²) in [4.78, 5) is 2.43. The fraction of sp³-hybridized carbons (Fsp3) is 0.176. The third-order valence-corrected chi connectivity index (χ3v) is 4.47. The van der Waals surface area contributed by atoms with Gasteiger partial charge >= 0.3 is 0 Å². The molecule has 0 fully saturated rings. The molecule has 0 bridgehead atoms. The van der Waals surface area contributed by atoms with Crippen LogP contribution in [0.3, 0.4) is 0 Å². The van der Waals surface area contributed by atoms with Crippen molar-refractivity contribution in [2.75, 3.05) is 0 Å². The lowest BCUT2D eigenvalue weighted by molar-refractivity contribution is 0.468. The highest BCUT2D eigenvalue weighted by Crippen LogP contribution is 2.37. The average Bonchev–Trinajstić information content (AvgIpc) is 2.41. The van der Waals surface area contributed by atoms with Crippen LogP contribution in [0, 0.1) is 13.8 Å². The number of phenols is 1. The molecule has 19 heavy (non-hydrogen) atoms. The second-order valence-electron chi connectivity index (χ2n) is 4.55. The monoisotopic (exact) mass is 270 g/mol. The van der Waals surface area contributed by atoms with E-state index in [-0.39, 0.29) is 0 Å². The van der Waals surface area contributed by atoms with Gasteiger partial charge in [-0.25, -0.2) is 0 Å². The maximum Gasteiger partial charge on any atom is 0.119 e. The maximum atomic E-state index is 10.0. The Bertz CT molecular complexity index is 588. The predicted molar refractivity (Wildman–Crippen MR) is 82.0 cm³/mol. The van der Waals surface area contributed by atoms with E-state index < -0.39 is 0 Å². The van der Waals surface area contributed by atoms with E-state index >= 15 is 0 Å². The zero-order chi connectivity index (χ0) is 13.8. The molecule has 2 rings (SSSR count). The second-order valence-corrected chi connectivity index (χ2v) is 5.64. The summed E-state index contributed by atoms with van der Waals surface area (Å²) in [5.74, 6) is 0.368. The number of rotatable bonds is 4. The summed E-state index contributed by atoms with van der Waals surface area (Å²) in [5, 5.41) is 10.0. The van der Waals surface area contributed by atoms with Crippen molar-refractivity contribution in [3.05, 3.63) is 65.7 Å². The van der Waals surface area contributed by atoms with Gasteiger partial charge in [-0.05, 0) is 49.6 Å². The Morgan fingerprint density at radius 2 is 1.89 bits per heavy atom. The fourth-order valence-electron chi connectivity index (χ4n) is 2.15. The number of aromatic hydroxyl groups is 1. The van der Waals surface area contributed by atoms with Gasteiger partial charge < -0.3 is 5.11 Å². The highest BCUT2D eigenvalue weighted by Gasteiger charge is 2.12. The number of hydrogen-bond acceptors (Lipinski definition) is 2. The summed E-state index contributed by atoms with van der Waals surface area (Å²) in [6.07, 6.45) is 2.52. The standard InChI is InChI=1S/C17H18OS/c1-4-8-15-13(3)17(12(2)11-16(15)18)19-14-9-6-5-7-10-14/h4-7,9-11,18H,1,8H2,2-3H3. The lowest BCUT2D eigenvalue weighted by atomic mass is 10.0. The smallest absolute Gasteiger partial charge is 0.119 e. The summed E-state index contributed by atoms with van der Waals surface area (Å²) < 4.78 is 0. The van der Waals surface area contributed by atoms with Gasteiger partial charge in [0.05, 0.1) is 0 Å². The fourth-order valence-corrected chi connectivity index (χ4v) is 3.17. The van der Waals surface area contributed by atoms with Crippen molar-refractivity contribution in [2.45, 2.75) is 30.1 Å². The van der Waals surface area contributed by atoms with Crippen molar-refractivity contribution in [1.29, 1.82) is 0 Å². The molecule has 1 N–H and O–H groups in total. The maximum absolute atomic E-state index is 10.0. The first-order valence-corrected chi connectivity index (χ1v) is 7.11. The van der Waals surface area contributed by atoms with Gasteiger partial charge in [-0.2, -0.15) is 0 Å². The van der Waals surface area contributed by atoms with E-state index in [1.165, 1.54) is 9.79 Å². The minimum atomic E-state index is 0.368. The quantitative estimate of drug-likeness (QED) is 0.798. The Balaban J connectivity index is 2.45. The van der Waals surface area contributed by atoms with Gasteiger partial charge in [-0.3, -0.25) is 0 Å². The summed E-state index contributed by atoms with van der Waals surface area (Å²) >= 11 is 1.74. The van der Waals surface area contributed by atoms with E-state index in [0.29, 0.717) is 12.2 Å². The van der Waals surface area contributed by atoms with Crippen LogP contribution in [-0.2, 0) is 6.42 Å². The predicted octanol–water partition coefficient (Wildman–Crippen LogP) is 4.89. The van der Waals surface area contributed by atoms with Crippen LogP contribution in [0.15, 0.2) is 58.8 Å². The highest BCUT2D eigenvalue weighted by atomic mass is 32.2. The summed E-state index contributed by atoms with van der Waals surface area (Å²) in [7, 11) is 0. The molecule has 0 heterocycles. The molecule has 0 amide bonds. The van der Waals surface area contributed by atoms with Crippen LogP contribution in [0.1, 0.15) is 16.7 Å². The molecule has 0 saturated carbocycles. The molecule has 0 spiro atoms. The number of phenolic OH excluding ortho intramolecular Hbond substituents is 1. The molecular weight excluding hydrogens is 252 g/mol. The Hall–Kier alpha value is -1.67. The van der Waals surface area contributed by atoms with E-state index in [4.69, 9.17) is 0 Å². The number of hydrogen-bond donors (Lipinski definition) is 1. The van der Waals surface area contributed by atoms with Crippen molar-refractivity contribution in [2.24, 2.45) is 0 Å². The van der Waals surface area contributed by atoms with Crippen LogP contribution in [-0.4, -0.2) is 5.11 Å². The molecule has 0 unspecified atom stereocenters. The Morgan fingerprint density at radius 3 is 2.53 bits per heavy atom. The molecule has 0 aliphatic carbocycles. The number of aryl methyl sites for hydroxylation is 1. The van der Waals surface area contributed by atoms with E-state index in [2.05, 4.69) is 25.6 Å². The summed E-state index contributed by atoms with van der Waals surface area (Å²) in [5.41, 5.74) is 3.22. The summed E-state index contributed by atoms with van der Waals surface area (Å²) in [6.45, 7) is 7.86. The van der Waals surface area contributed by atoms with Gasteiger partial charge in [-0.15, -0.1) is 6.58 Å². The van der Waals surface area contributed by atoms with Crippen LogP contribution in [0.2, 0.25) is 0 Å². The summed E-state index contributed by atoms with van der Waals surface area (Å²) in [6, 6.07) is 12.1. The lowest BCUT2D eigenvalue weighted by Gasteiger charge is -2.15. The molecule has 2 heteroatoms. The molecule has 0 aromatic heterocycles. The zero-order valence-corrected chi connectivity index (χ0v) is 12.1. The molecule has 0 saturated heterocycles. The normalized spacial score (nSPS) is 10.4. The zero-order valence-electron chi connectivity index (χ0n) is 11.3. The Labute approximate surface area is 119 Å². The number of benzene rings is 2. The van der Waals surface area contributed by atoms with Crippen LogP contribution >= 0.6 is 11.8 Å². The van der Waals surface area contributed by atoms with Gasteiger partial charge in [0, 0.05) is 15.4 Å². The van der Waals surface area contributed by atoms with Crippen molar-refractivity contribution >= 4 is 11.8 Å². The average molecular weight is 270 g/mol. The van der Waals surface area contributed by atoms with Gasteiger partial charge in [0.1, 0.15) is 5.75 Å². The van der Waals surface area contributed by atoms with Crippen molar-refractivity contribution in [3.8, 4) is 5.75 Å². The van der Waals surface area contributed by atoms with Gasteiger partial charge in [0.25, 0.3) is 0 Å². The van der Waals surface area contributed by atoms with Crippen molar-refractivity contribution in [1.82, 2.24) is 0 Å².